The molecular formula is C22H24N4O3. The van der Waals surface area contributed by atoms with Crippen LogP contribution < -0.4 is 10.2 Å². The summed E-state index contributed by atoms with van der Waals surface area (Å²) in [5.74, 6) is 0.299. The van der Waals surface area contributed by atoms with Gasteiger partial charge in [0, 0.05) is 43.2 Å². The molecule has 1 fully saturated rings. The van der Waals surface area contributed by atoms with E-state index >= 15 is 0 Å². The number of rotatable bonds is 4. The molecule has 1 aliphatic heterocycles. The smallest absolute Gasteiger partial charge is 0.259 e. The minimum atomic E-state index is -0.271. The Morgan fingerprint density at radius 3 is 2.72 bits per heavy atom. The Labute approximate surface area is 169 Å². The van der Waals surface area contributed by atoms with Crippen LogP contribution >= 0.6 is 0 Å². The van der Waals surface area contributed by atoms with Crippen molar-refractivity contribution in [3.05, 3.63) is 63.7 Å². The van der Waals surface area contributed by atoms with Gasteiger partial charge in [-0.15, -0.1) is 0 Å². The van der Waals surface area contributed by atoms with Crippen molar-refractivity contribution >= 4 is 16.9 Å². The first-order valence-corrected chi connectivity index (χ1v) is 9.86. The number of aromatic nitrogens is 3. The average molecular weight is 392 g/mol. The molecule has 0 N–H and O–H groups in total. The van der Waals surface area contributed by atoms with E-state index in [2.05, 4.69) is 9.97 Å². The van der Waals surface area contributed by atoms with Crippen molar-refractivity contribution in [1.29, 1.82) is 0 Å². The van der Waals surface area contributed by atoms with Crippen LogP contribution in [0.1, 0.15) is 35.1 Å². The minimum absolute atomic E-state index is 0.133. The van der Waals surface area contributed by atoms with E-state index in [4.69, 9.17) is 4.74 Å². The van der Waals surface area contributed by atoms with Gasteiger partial charge in [0.1, 0.15) is 17.3 Å². The lowest BCUT2D eigenvalue weighted by Gasteiger charge is -2.18. The first-order chi connectivity index (χ1) is 14.0. The zero-order chi connectivity index (χ0) is 20.5. The van der Waals surface area contributed by atoms with Crippen molar-refractivity contribution in [1.82, 2.24) is 19.4 Å². The van der Waals surface area contributed by atoms with Crippen LogP contribution in [0.5, 0.6) is 5.88 Å². The Morgan fingerprint density at radius 1 is 1.17 bits per heavy atom. The average Bonchev–Trinajstić information content (AvgIpc) is 3.16. The summed E-state index contributed by atoms with van der Waals surface area (Å²) >= 11 is 0. The summed E-state index contributed by atoms with van der Waals surface area (Å²) in [6, 6.07) is 9.17. The highest BCUT2D eigenvalue weighted by Gasteiger charge is 2.30. The van der Waals surface area contributed by atoms with Crippen LogP contribution in [0.2, 0.25) is 0 Å². The maximum atomic E-state index is 13.1. The third kappa shape index (κ3) is 3.72. The Bertz CT molecular complexity index is 1140. The maximum Gasteiger partial charge on any atom is 0.259 e. The van der Waals surface area contributed by atoms with E-state index in [1.165, 1.54) is 0 Å². The van der Waals surface area contributed by atoms with Crippen LogP contribution in [0.15, 0.2) is 41.3 Å². The normalized spacial score (nSPS) is 16.4. The van der Waals surface area contributed by atoms with Crippen molar-refractivity contribution in [2.24, 2.45) is 0 Å². The number of likely N-dealkylation sites (tertiary alicyclic amines) is 1. The fourth-order valence-electron chi connectivity index (χ4n) is 3.69. The Hall–Kier alpha value is -3.22. The molecule has 1 amide bonds. The number of hydrogen-bond acceptors (Lipinski definition) is 5. The van der Waals surface area contributed by atoms with Crippen LogP contribution in [-0.2, 0) is 6.54 Å². The number of hydrogen-bond donors (Lipinski definition) is 0. The van der Waals surface area contributed by atoms with Gasteiger partial charge in [-0.05, 0) is 39.0 Å². The lowest BCUT2D eigenvalue weighted by molar-refractivity contribution is 0.0769. The van der Waals surface area contributed by atoms with Gasteiger partial charge in [0.15, 0.2) is 0 Å². The van der Waals surface area contributed by atoms with Gasteiger partial charge in [-0.2, -0.15) is 0 Å². The maximum absolute atomic E-state index is 13.1. The van der Waals surface area contributed by atoms with E-state index in [0.717, 1.165) is 11.4 Å². The van der Waals surface area contributed by atoms with E-state index in [9.17, 15) is 9.59 Å². The molecule has 4 rings (SSSR count). The van der Waals surface area contributed by atoms with Crippen LogP contribution in [0.25, 0.3) is 11.0 Å². The van der Waals surface area contributed by atoms with E-state index in [-0.39, 0.29) is 23.0 Å². The first-order valence-electron chi connectivity index (χ1n) is 9.86. The van der Waals surface area contributed by atoms with Crippen LogP contribution in [-0.4, -0.2) is 44.5 Å². The molecule has 150 valence electrons. The summed E-state index contributed by atoms with van der Waals surface area (Å²) in [5, 5.41) is 0.472. The third-order valence-corrected chi connectivity index (χ3v) is 5.21. The molecule has 4 heterocycles. The molecule has 1 saturated heterocycles. The molecule has 0 saturated carbocycles. The van der Waals surface area contributed by atoms with Crippen molar-refractivity contribution in [2.45, 2.75) is 39.8 Å². The predicted molar refractivity (Wildman–Crippen MR) is 110 cm³/mol. The molecule has 1 unspecified atom stereocenters. The zero-order valence-corrected chi connectivity index (χ0v) is 16.9. The van der Waals surface area contributed by atoms with Crippen LogP contribution in [0.3, 0.4) is 0 Å². The van der Waals surface area contributed by atoms with Crippen molar-refractivity contribution in [3.63, 3.8) is 0 Å². The molecule has 0 aliphatic carbocycles. The van der Waals surface area contributed by atoms with Gasteiger partial charge >= 0.3 is 0 Å². The number of pyridine rings is 3. The second kappa shape index (κ2) is 7.66. The topological polar surface area (TPSA) is 77.3 Å². The Balaban J connectivity index is 1.58. The van der Waals surface area contributed by atoms with Crippen molar-refractivity contribution < 1.29 is 9.53 Å². The van der Waals surface area contributed by atoms with Crippen LogP contribution in [0.4, 0.5) is 0 Å². The second-order valence-electron chi connectivity index (χ2n) is 7.38. The lowest BCUT2D eigenvalue weighted by Crippen LogP contribution is -2.34. The molecule has 0 spiro atoms. The number of nitrogens with zero attached hydrogens (tertiary/aromatic N) is 4. The van der Waals surface area contributed by atoms with Gasteiger partial charge in [-0.3, -0.25) is 9.59 Å². The number of ether oxygens (including phenoxy) is 1. The summed E-state index contributed by atoms with van der Waals surface area (Å²) in [7, 11) is 0. The molecule has 7 heteroatoms. The van der Waals surface area contributed by atoms with Crippen molar-refractivity contribution in [3.8, 4) is 5.88 Å². The molecule has 0 radical (unpaired) electrons. The molecule has 1 aliphatic rings. The number of amides is 1. The highest BCUT2D eigenvalue weighted by molar-refractivity contribution is 5.97. The summed E-state index contributed by atoms with van der Waals surface area (Å²) in [6.07, 6.45) is 2.21. The van der Waals surface area contributed by atoms with Gasteiger partial charge in [-0.25, -0.2) is 9.97 Å². The number of aryl methyl sites for hydroxylation is 3. The Morgan fingerprint density at radius 2 is 1.97 bits per heavy atom. The molecule has 1 atom stereocenters. The third-order valence-electron chi connectivity index (χ3n) is 5.21. The highest BCUT2D eigenvalue weighted by atomic mass is 16.5. The molecular weight excluding hydrogens is 368 g/mol. The summed E-state index contributed by atoms with van der Waals surface area (Å²) in [6.45, 7) is 7.37. The van der Waals surface area contributed by atoms with Crippen molar-refractivity contribution in [2.75, 3.05) is 13.1 Å². The second-order valence-corrected chi connectivity index (χ2v) is 7.38. The minimum Gasteiger partial charge on any atom is -0.472 e. The van der Waals surface area contributed by atoms with Gasteiger partial charge in [0.25, 0.3) is 5.91 Å². The van der Waals surface area contributed by atoms with E-state index < -0.39 is 0 Å². The van der Waals surface area contributed by atoms with Gasteiger partial charge < -0.3 is 14.2 Å². The number of carbonyl (C=O) groups excluding carboxylic acids is 1. The highest BCUT2D eigenvalue weighted by Crippen LogP contribution is 2.19. The molecule has 0 bridgehead atoms. The fraction of sp³-hybridized carbons (Fsp3) is 0.364. The molecule has 3 aromatic heterocycles. The first kappa shape index (κ1) is 19.1. The SMILES string of the molecule is CCn1cc(C(=O)N2CCC(Oc3cccc(C)n3)C2)c(=O)c2ccc(C)nc21. The summed E-state index contributed by atoms with van der Waals surface area (Å²) in [5.41, 5.74) is 2.24. The van der Waals surface area contributed by atoms with E-state index in [0.29, 0.717) is 43.0 Å². The molecule has 7 nitrogen and oxygen atoms in total. The number of carbonyl (C=O) groups is 1. The van der Waals surface area contributed by atoms with E-state index in [1.807, 2.05) is 43.5 Å². The predicted octanol–water partition coefficient (Wildman–Crippen LogP) is 2.72. The summed E-state index contributed by atoms with van der Waals surface area (Å²) < 4.78 is 7.79. The molecule has 3 aromatic rings. The lowest BCUT2D eigenvalue weighted by atomic mass is 10.1. The number of fused-ring (bicyclic) bond motifs is 1. The van der Waals surface area contributed by atoms with Gasteiger partial charge in [-0.1, -0.05) is 6.07 Å². The molecule has 29 heavy (non-hydrogen) atoms. The van der Waals surface area contributed by atoms with Gasteiger partial charge in [0.2, 0.25) is 11.3 Å². The largest absolute Gasteiger partial charge is 0.472 e. The van der Waals surface area contributed by atoms with Gasteiger partial charge in [0.05, 0.1) is 11.9 Å². The summed E-state index contributed by atoms with van der Waals surface area (Å²) in [4.78, 5) is 36.6. The van der Waals surface area contributed by atoms with E-state index in [1.54, 1.807) is 23.2 Å². The fourth-order valence-corrected chi connectivity index (χ4v) is 3.69. The monoisotopic (exact) mass is 392 g/mol. The Kier molecular flexibility index (Phi) is 5.05. The molecule has 0 aromatic carbocycles. The standard InChI is InChI=1S/C22H24N4O3/c1-4-25-13-18(20(27)17-9-8-15(3)24-21(17)25)22(28)26-11-10-16(12-26)29-19-7-5-6-14(2)23-19/h5-9,13,16H,4,10-12H2,1-3H3. The zero-order valence-electron chi connectivity index (χ0n) is 16.9. The quantitative estimate of drug-likeness (QED) is 0.682. The van der Waals surface area contributed by atoms with Crippen LogP contribution in [0, 0.1) is 13.8 Å².